The number of hydrogen-bond donors (Lipinski definition) is 0. The van der Waals surface area contributed by atoms with Crippen LogP contribution >= 0.6 is 0 Å². The van der Waals surface area contributed by atoms with E-state index in [0.717, 1.165) is 44.2 Å². The molecule has 3 heterocycles. The molecule has 4 rings (SSSR count). The highest BCUT2D eigenvalue weighted by Gasteiger charge is 2.21. The smallest absolute Gasteiger partial charge is 0.251 e. The number of hydrogen-bond acceptors (Lipinski definition) is 5. The highest BCUT2D eigenvalue weighted by molar-refractivity contribution is 5.63. The molecule has 1 saturated heterocycles. The topological polar surface area (TPSA) is 45.2 Å². The standard InChI is InChI=1S/C18H23N5/c1-2-6-12-22(11-5-1)17-14-19-21-18(20-17)23-13-7-9-15-8-3-4-10-16(15)23/h3-4,8,10,14H,1-2,5-7,9,11-13H2. The third kappa shape index (κ3) is 3.00. The van der Waals surface area contributed by atoms with Crippen LogP contribution in [0.5, 0.6) is 0 Å². The van der Waals surface area contributed by atoms with Crippen molar-refractivity contribution in [3.8, 4) is 0 Å². The Morgan fingerprint density at radius 2 is 1.70 bits per heavy atom. The molecule has 0 spiro atoms. The minimum Gasteiger partial charge on any atom is -0.355 e. The zero-order valence-electron chi connectivity index (χ0n) is 13.5. The highest BCUT2D eigenvalue weighted by Crippen LogP contribution is 2.31. The number of nitrogens with zero attached hydrogens (tertiary/aromatic N) is 5. The number of anilines is 3. The van der Waals surface area contributed by atoms with Gasteiger partial charge in [0.05, 0.1) is 6.20 Å². The molecular formula is C18H23N5. The van der Waals surface area contributed by atoms with E-state index in [2.05, 4.69) is 44.3 Å². The van der Waals surface area contributed by atoms with Crippen molar-refractivity contribution in [2.24, 2.45) is 0 Å². The quantitative estimate of drug-likeness (QED) is 0.851. The van der Waals surface area contributed by atoms with Gasteiger partial charge in [0.2, 0.25) is 0 Å². The molecule has 0 unspecified atom stereocenters. The van der Waals surface area contributed by atoms with Gasteiger partial charge in [-0.3, -0.25) is 0 Å². The number of aromatic nitrogens is 3. The van der Waals surface area contributed by atoms with Gasteiger partial charge in [0.15, 0.2) is 5.82 Å². The van der Waals surface area contributed by atoms with Crippen LogP contribution in [-0.2, 0) is 6.42 Å². The van der Waals surface area contributed by atoms with Crippen molar-refractivity contribution in [3.05, 3.63) is 36.0 Å². The third-order valence-electron chi connectivity index (χ3n) is 4.82. The lowest BCUT2D eigenvalue weighted by Gasteiger charge is -2.30. The summed E-state index contributed by atoms with van der Waals surface area (Å²) < 4.78 is 0. The second-order valence-electron chi connectivity index (χ2n) is 6.40. The van der Waals surface area contributed by atoms with Gasteiger partial charge in [-0.05, 0) is 37.3 Å². The van der Waals surface area contributed by atoms with Crippen LogP contribution in [0, 0.1) is 0 Å². The summed E-state index contributed by atoms with van der Waals surface area (Å²) in [6.07, 6.45) is 9.20. The average Bonchev–Trinajstić information content (AvgIpc) is 2.91. The first-order valence-corrected chi connectivity index (χ1v) is 8.72. The summed E-state index contributed by atoms with van der Waals surface area (Å²) >= 11 is 0. The Balaban J connectivity index is 1.64. The molecular weight excluding hydrogens is 286 g/mol. The van der Waals surface area contributed by atoms with E-state index in [0.29, 0.717) is 0 Å². The normalized spacial score (nSPS) is 18.4. The molecule has 1 aromatic carbocycles. The first-order valence-electron chi connectivity index (χ1n) is 8.72. The minimum atomic E-state index is 0.735. The molecule has 0 N–H and O–H groups in total. The predicted molar refractivity (Wildman–Crippen MR) is 92.3 cm³/mol. The highest BCUT2D eigenvalue weighted by atomic mass is 15.4. The van der Waals surface area contributed by atoms with Crippen molar-refractivity contribution in [3.63, 3.8) is 0 Å². The SMILES string of the molecule is c1ccc2c(c1)CCCN2c1nncc(N2CCCCCC2)n1. The van der Waals surface area contributed by atoms with Crippen LogP contribution in [0.15, 0.2) is 30.5 Å². The first-order chi connectivity index (χ1) is 11.4. The first kappa shape index (κ1) is 14.4. The van der Waals surface area contributed by atoms with E-state index >= 15 is 0 Å². The number of para-hydroxylation sites is 1. The van der Waals surface area contributed by atoms with Crippen LogP contribution in [-0.4, -0.2) is 34.8 Å². The Bertz CT molecular complexity index is 664. The minimum absolute atomic E-state index is 0.735. The van der Waals surface area contributed by atoms with Crippen LogP contribution in [0.25, 0.3) is 0 Å². The summed E-state index contributed by atoms with van der Waals surface area (Å²) in [5.74, 6) is 1.71. The lowest BCUT2D eigenvalue weighted by Crippen LogP contribution is -2.29. The second kappa shape index (κ2) is 6.52. The lowest BCUT2D eigenvalue weighted by molar-refractivity contribution is 0.726. The maximum Gasteiger partial charge on any atom is 0.251 e. The Kier molecular flexibility index (Phi) is 4.09. The maximum atomic E-state index is 4.84. The van der Waals surface area contributed by atoms with Crippen molar-refractivity contribution in [1.29, 1.82) is 0 Å². The van der Waals surface area contributed by atoms with Crippen LogP contribution in [0.2, 0.25) is 0 Å². The predicted octanol–water partition coefficient (Wildman–Crippen LogP) is 3.34. The number of fused-ring (bicyclic) bond motifs is 1. The molecule has 2 aromatic rings. The molecule has 0 aliphatic carbocycles. The van der Waals surface area contributed by atoms with E-state index in [4.69, 9.17) is 4.98 Å². The molecule has 23 heavy (non-hydrogen) atoms. The molecule has 5 heteroatoms. The summed E-state index contributed by atoms with van der Waals surface area (Å²) in [7, 11) is 0. The maximum absolute atomic E-state index is 4.84. The molecule has 2 aliphatic rings. The van der Waals surface area contributed by atoms with Gasteiger partial charge < -0.3 is 9.80 Å². The van der Waals surface area contributed by atoms with Gasteiger partial charge in [0.1, 0.15) is 0 Å². The fourth-order valence-electron chi connectivity index (χ4n) is 3.59. The lowest BCUT2D eigenvalue weighted by atomic mass is 10.0. The Morgan fingerprint density at radius 1 is 0.870 bits per heavy atom. The van der Waals surface area contributed by atoms with Gasteiger partial charge in [-0.2, -0.15) is 10.1 Å². The summed E-state index contributed by atoms with van der Waals surface area (Å²) in [6.45, 7) is 3.12. The Hall–Kier alpha value is -2.17. The second-order valence-corrected chi connectivity index (χ2v) is 6.40. The van der Waals surface area contributed by atoms with Gasteiger partial charge in [-0.1, -0.05) is 31.0 Å². The van der Waals surface area contributed by atoms with E-state index in [9.17, 15) is 0 Å². The largest absolute Gasteiger partial charge is 0.355 e. The fourth-order valence-corrected chi connectivity index (χ4v) is 3.59. The number of benzene rings is 1. The van der Waals surface area contributed by atoms with Gasteiger partial charge in [-0.15, -0.1) is 5.10 Å². The zero-order valence-corrected chi connectivity index (χ0v) is 13.5. The molecule has 1 aromatic heterocycles. The van der Waals surface area contributed by atoms with Crippen LogP contribution in [0.3, 0.4) is 0 Å². The molecule has 0 radical (unpaired) electrons. The Morgan fingerprint density at radius 3 is 2.57 bits per heavy atom. The van der Waals surface area contributed by atoms with Crippen molar-refractivity contribution in [2.75, 3.05) is 29.4 Å². The van der Waals surface area contributed by atoms with Crippen molar-refractivity contribution in [1.82, 2.24) is 15.2 Å². The molecule has 0 bridgehead atoms. The number of rotatable bonds is 2. The van der Waals surface area contributed by atoms with Crippen molar-refractivity contribution in [2.45, 2.75) is 38.5 Å². The molecule has 0 amide bonds. The van der Waals surface area contributed by atoms with Gasteiger partial charge in [0.25, 0.3) is 5.95 Å². The molecule has 0 atom stereocenters. The van der Waals surface area contributed by atoms with E-state index in [1.54, 1.807) is 0 Å². The molecule has 120 valence electrons. The molecule has 2 aliphatic heterocycles. The van der Waals surface area contributed by atoms with Crippen LogP contribution < -0.4 is 9.80 Å². The summed E-state index contributed by atoms with van der Waals surface area (Å²) in [5.41, 5.74) is 2.61. The van der Waals surface area contributed by atoms with Crippen molar-refractivity contribution >= 4 is 17.5 Å². The van der Waals surface area contributed by atoms with Crippen LogP contribution in [0.1, 0.15) is 37.7 Å². The Labute approximate surface area is 137 Å². The van der Waals surface area contributed by atoms with Gasteiger partial charge in [-0.25, -0.2) is 0 Å². The van der Waals surface area contributed by atoms with Crippen LogP contribution in [0.4, 0.5) is 17.5 Å². The molecule has 5 nitrogen and oxygen atoms in total. The monoisotopic (exact) mass is 309 g/mol. The summed E-state index contributed by atoms with van der Waals surface area (Å²) in [4.78, 5) is 9.42. The summed E-state index contributed by atoms with van der Waals surface area (Å²) in [6, 6.07) is 8.56. The molecule has 1 fully saturated rings. The average molecular weight is 309 g/mol. The number of aryl methyl sites for hydroxylation is 1. The van der Waals surface area contributed by atoms with Gasteiger partial charge >= 0.3 is 0 Å². The van der Waals surface area contributed by atoms with E-state index < -0.39 is 0 Å². The van der Waals surface area contributed by atoms with E-state index in [1.165, 1.54) is 36.9 Å². The van der Waals surface area contributed by atoms with Crippen molar-refractivity contribution < 1.29 is 0 Å². The van der Waals surface area contributed by atoms with E-state index in [-0.39, 0.29) is 0 Å². The molecule has 0 saturated carbocycles. The van der Waals surface area contributed by atoms with E-state index in [1.807, 2.05) is 6.20 Å². The summed E-state index contributed by atoms with van der Waals surface area (Å²) in [5, 5.41) is 8.56. The van der Waals surface area contributed by atoms with Gasteiger partial charge in [0, 0.05) is 25.3 Å². The zero-order chi connectivity index (χ0) is 15.5. The third-order valence-corrected chi connectivity index (χ3v) is 4.82. The fraction of sp³-hybridized carbons (Fsp3) is 0.500.